The number of halogens is 1. The molecule has 0 spiro atoms. The quantitative estimate of drug-likeness (QED) is 0.618. The van der Waals surface area contributed by atoms with Crippen molar-refractivity contribution in [1.29, 1.82) is 0 Å². The van der Waals surface area contributed by atoms with E-state index in [1.807, 2.05) is 6.92 Å². The molecular weight excluding hydrogens is 166 g/mol. The van der Waals surface area contributed by atoms with E-state index in [9.17, 15) is 4.79 Å². The lowest BCUT2D eigenvalue weighted by Crippen LogP contribution is -2.40. The first kappa shape index (κ1) is 10.7. The Hall–Kier alpha value is -0.280. The van der Waals surface area contributed by atoms with E-state index in [0.717, 1.165) is 0 Å². The van der Waals surface area contributed by atoms with Gasteiger partial charge >= 0.3 is 0 Å². The zero-order valence-corrected chi connectivity index (χ0v) is 7.56. The van der Waals surface area contributed by atoms with E-state index >= 15 is 0 Å². The maximum Gasteiger partial charge on any atom is 0.238 e. The molecule has 4 heteroatoms. The Kier molecular flexibility index (Phi) is 5.24. The predicted molar refractivity (Wildman–Crippen MR) is 44.6 cm³/mol. The third-order valence-electron chi connectivity index (χ3n) is 1.42. The molecule has 0 bridgehead atoms. The summed E-state index contributed by atoms with van der Waals surface area (Å²) in [5.41, 5.74) is 0. The van der Waals surface area contributed by atoms with Gasteiger partial charge in [0.05, 0.1) is 12.6 Å². The standard InChI is InChI=1S/C7H14ClNO2/c1-3-6(4-10)9-7(11)5(2)8/h5-6,10H,3-4H2,1-2H3,(H,9,11)/t5?,6-/m1/s1. The van der Waals surface area contributed by atoms with Crippen molar-refractivity contribution in [3.8, 4) is 0 Å². The highest BCUT2D eigenvalue weighted by Gasteiger charge is 2.12. The summed E-state index contributed by atoms with van der Waals surface area (Å²) in [6.45, 7) is 3.45. The van der Waals surface area contributed by atoms with Gasteiger partial charge in [0.15, 0.2) is 0 Å². The summed E-state index contributed by atoms with van der Waals surface area (Å²) in [7, 11) is 0. The average molecular weight is 180 g/mol. The zero-order chi connectivity index (χ0) is 8.85. The lowest BCUT2D eigenvalue weighted by Gasteiger charge is -2.14. The van der Waals surface area contributed by atoms with E-state index in [1.165, 1.54) is 0 Å². The Balaban J connectivity index is 3.72. The number of alkyl halides is 1. The highest BCUT2D eigenvalue weighted by atomic mass is 35.5. The van der Waals surface area contributed by atoms with Crippen LogP contribution in [0.5, 0.6) is 0 Å². The van der Waals surface area contributed by atoms with Crippen LogP contribution in [0.15, 0.2) is 0 Å². The molecule has 1 unspecified atom stereocenters. The number of hydrogen-bond donors (Lipinski definition) is 2. The van der Waals surface area contributed by atoms with Crippen molar-refractivity contribution < 1.29 is 9.90 Å². The molecule has 0 aromatic rings. The molecule has 2 N–H and O–H groups in total. The molecule has 0 rings (SSSR count). The van der Waals surface area contributed by atoms with E-state index in [4.69, 9.17) is 16.7 Å². The zero-order valence-electron chi connectivity index (χ0n) is 6.80. The highest BCUT2D eigenvalue weighted by Crippen LogP contribution is 1.95. The average Bonchev–Trinajstić information content (AvgIpc) is 1.99. The summed E-state index contributed by atoms with van der Waals surface area (Å²) in [6, 6.07) is -0.163. The number of aliphatic hydroxyl groups is 1. The van der Waals surface area contributed by atoms with Crippen LogP contribution in [0.4, 0.5) is 0 Å². The van der Waals surface area contributed by atoms with Crippen LogP contribution in [-0.4, -0.2) is 29.0 Å². The van der Waals surface area contributed by atoms with Gasteiger partial charge < -0.3 is 10.4 Å². The lowest BCUT2D eigenvalue weighted by atomic mass is 10.2. The summed E-state index contributed by atoms with van der Waals surface area (Å²) in [4.78, 5) is 10.9. The number of nitrogens with one attached hydrogen (secondary N) is 1. The molecule has 0 aromatic carbocycles. The first-order valence-electron chi connectivity index (χ1n) is 3.67. The molecule has 1 amide bonds. The first-order chi connectivity index (χ1) is 5.11. The smallest absolute Gasteiger partial charge is 0.238 e. The molecule has 11 heavy (non-hydrogen) atoms. The van der Waals surface area contributed by atoms with Crippen LogP contribution in [0, 0.1) is 0 Å². The van der Waals surface area contributed by atoms with Gasteiger partial charge in [-0.1, -0.05) is 6.92 Å². The summed E-state index contributed by atoms with van der Waals surface area (Å²) in [5.74, 6) is -0.229. The highest BCUT2D eigenvalue weighted by molar-refractivity contribution is 6.30. The van der Waals surface area contributed by atoms with Gasteiger partial charge in [-0.05, 0) is 13.3 Å². The molecule has 0 aliphatic heterocycles. The Morgan fingerprint density at radius 3 is 2.55 bits per heavy atom. The molecule has 0 heterocycles. The topological polar surface area (TPSA) is 49.3 Å². The third kappa shape index (κ3) is 4.22. The Bertz CT molecular complexity index is 124. The molecule has 0 aromatic heterocycles. The van der Waals surface area contributed by atoms with Gasteiger partial charge in [-0.25, -0.2) is 0 Å². The number of amides is 1. The molecule has 0 aliphatic rings. The van der Waals surface area contributed by atoms with Crippen molar-refractivity contribution in [3.63, 3.8) is 0 Å². The van der Waals surface area contributed by atoms with E-state index in [0.29, 0.717) is 6.42 Å². The van der Waals surface area contributed by atoms with Crippen molar-refractivity contribution in [2.24, 2.45) is 0 Å². The first-order valence-corrected chi connectivity index (χ1v) is 4.10. The van der Waals surface area contributed by atoms with Crippen molar-refractivity contribution in [3.05, 3.63) is 0 Å². The van der Waals surface area contributed by atoms with Gasteiger partial charge in [0.2, 0.25) is 5.91 Å². The largest absolute Gasteiger partial charge is 0.394 e. The van der Waals surface area contributed by atoms with Crippen LogP contribution in [0.3, 0.4) is 0 Å². The molecule has 66 valence electrons. The van der Waals surface area contributed by atoms with Gasteiger partial charge in [0, 0.05) is 0 Å². The van der Waals surface area contributed by atoms with Gasteiger partial charge in [-0.3, -0.25) is 4.79 Å². The van der Waals surface area contributed by atoms with Crippen LogP contribution in [-0.2, 0) is 4.79 Å². The number of carbonyl (C=O) groups excluding carboxylic acids is 1. The fraction of sp³-hybridized carbons (Fsp3) is 0.857. The van der Waals surface area contributed by atoms with Crippen molar-refractivity contribution >= 4 is 17.5 Å². The summed E-state index contributed by atoms with van der Waals surface area (Å²) in [6.07, 6.45) is 0.714. The van der Waals surface area contributed by atoms with E-state index < -0.39 is 5.38 Å². The fourth-order valence-electron chi connectivity index (χ4n) is 0.593. The summed E-state index contributed by atoms with van der Waals surface area (Å²) in [5, 5.41) is 10.8. The van der Waals surface area contributed by atoms with Crippen LogP contribution in [0.25, 0.3) is 0 Å². The summed E-state index contributed by atoms with van der Waals surface area (Å²) < 4.78 is 0. The van der Waals surface area contributed by atoms with Crippen molar-refractivity contribution in [2.45, 2.75) is 31.7 Å². The van der Waals surface area contributed by atoms with Gasteiger partial charge in [0.1, 0.15) is 5.38 Å². The van der Waals surface area contributed by atoms with Gasteiger partial charge in [-0.2, -0.15) is 0 Å². The molecule has 0 saturated carbocycles. The fourth-order valence-corrected chi connectivity index (χ4v) is 0.656. The molecule has 2 atom stereocenters. The maximum atomic E-state index is 10.9. The predicted octanol–water partition coefficient (Wildman–Crippen LogP) is 0.501. The second-order valence-corrected chi connectivity index (χ2v) is 3.07. The van der Waals surface area contributed by atoms with E-state index in [-0.39, 0.29) is 18.6 Å². The Morgan fingerprint density at radius 1 is 1.73 bits per heavy atom. The third-order valence-corrected chi connectivity index (χ3v) is 1.62. The van der Waals surface area contributed by atoms with E-state index in [2.05, 4.69) is 5.32 Å². The molecule has 0 fully saturated rings. The second-order valence-electron chi connectivity index (χ2n) is 2.41. The number of aliphatic hydroxyl groups excluding tert-OH is 1. The Morgan fingerprint density at radius 2 is 2.27 bits per heavy atom. The van der Waals surface area contributed by atoms with Crippen LogP contribution >= 0.6 is 11.6 Å². The van der Waals surface area contributed by atoms with Gasteiger partial charge in [-0.15, -0.1) is 11.6 Å². The number of rotatable bonds is 4. The number of carbonyl (C=O) groups is 1. The normalized spacial score (nSPS) is 15.6. The maximum absolute atomic E-state index is 10.9. The second kappa shape index (κ2) is 5.38. The molecule has 0 radical (unpaired) electrons. The van der Waals surface area contributed by atoms with Crippen LogP contribution in [0.2, 0.25) is 0 Å². The minimum atomic E-state index is -0.532. The minimum Gasteiger partial charge on any atom is -0.394 e. The monoisotopic (exact) mass is 179 g/mol. The number of hydrogen-bond acceptors (Lipinski definition) is 2. The Labute approximate surface area is 71.7 Å². The lowest BCUT2D eigenvalue weighted by molar-refractivity contribution is -0.121. The summed E-state index contributed by atoms with van der Waals surface area (Å²) >= 11 is 5.49. The van der Waals surface area contributed by atoms with Crippen molar-refractivity contribution in [1.82, 2.24) is 5.32 Å². The minimum absolute atomic E-state index is 0.0359. The van der Waals surface area contributed by atoms with Crippen molar-refractivity contribution in [2.75, 3.05) is 6.61 Å². The van der Waals surface area contributed by atoms with Crippen LogP contribution < -0.4 is 5.32 Å². The van der Waals surface area contributed by atoms with E-state index in [1.54, 1.807) is 6.92 Å². The molecule has 0 aliphatic carbocycles. The molecular formula is C7H14ClNO2. The molecule has 3 nitrogen and oxygen atoms in total. The molecule has 0 saturated heterocycles. The van der Waals surface area contributed by atoms with Gasteiger partial charge in [0.25, 0.3) is 0 Å². The SMILES string of the molecule is CC[C@H](CO)NC(=O)C(C)Cl. The van der Waals surface area contributed by atoms with Crippen LogP contribution in [0.1, 0.15) is 20.3 Å².